The number of benzene rings is 2. The fourth-order valence-electron chi connectivity index (χ4n) is 2.61. The maximum absolute atomic E-state index is 13.0. The highest BCUT2D eigenvalue weighted by Crippen LogP contribution is 2.26. The highest BCUT2D eigenvalue weighted by atomic mass is 32.2. The Bertz CT molecular complexity index is 697. The van der Waals surface area contributed by atoms with Gasteiger partial charge in [0.2, 0.25) is 0 Å². The Morgan fingerprint density at radius 2 is 1.38 bits per heavy atom. The molecule has 0 atom stereocenters. The third-order valence-electron chi connectivity index (χ3n) is 3.91. The second-order valence-corrected chi connectivity index (χ2v) is 6.96. The molecule has 1 aliphatic heterocycles. The lowest BCUT2D eigenvalue weighted by Gasteiger charge is -2.30. The molecule has 26 heavy (non-hydrogen) atoms. The number of morpholine rings is 1. The number of likely N-dealkylation sites (N-methyl/N-ethyl adjacent to an activating group) is 1. The third kappa shape index (κ3) is 4.43. The van der Waals surface area contributed by atoms with E-state index >= 15 is 0 Å². The summed E-state index contributed by atoms with van der Waals surface area (Å²) in [6.45, 7) is 2.70. The minimum absolute atomic E-state index is 0.575. The van der Waals surface area contributed by atoms with E-state index in [9.17, 15) is 9.59 Å². The van der Waals surface area contributed by atoms with Crippen LogP contribution in [-0.2, 0) is 14.3 Å². The normalized spacial score (nSPS) is 14.7. The molecule has 2 aromatic carbocycles. The molecule has 0 spiro atoms. The maximum atomic E-state index is 13.0. The molecular weight excluding hydrogens is 350 g/mol. The van der Waals surface area contributed by atoms with Crippen molar-refractivity contribution in [1.29, 1.82) is 0 Å². The van der Waals surface area contributed by atoms with Crippen LogP contribution in [-0.4, -0.2) is 53.8 Å². The molecule has 6 nitrogen and oxygen atoms in total. The number of hydrogen-bond acceptors (Lipinski definition) is 5. The summed E-state index contributed by atoms with van der Waals surface area (Å²) in [5, 5.41) is 0. The lowest BCUT2D eigenvalue weighted by atomic mass is 10.2. The van der Waals surface area contributed by atoms with Crippen molar-refractivity contribution in [2.75, 3.05) is 38.3 Å². The van der Waals surface area contributed by atoms with Crippen LogP contribution < -0.4 is 4.90 Å². The van der Waals surface area contributed by atoms with Gasteiger partial charge in [-0.3, -0.25) is 18.8 Å². The molecule has 0 saturated carbocycles. The van der Waals surface area contributed by atoms with Crippen molar-refractivity contribution < 1.29 is 14.3 Å². The molecule has 0 bridgehead atoms. The quantitative estimate of drug-likeness (QED) is 0.611. The topological polar surface area (TPSA) is 53.1 Å². The number of carbonyl (C=O) groups excluding carboxylic acids is 2. The van der Waals surface area contributed by atoms with E-state index in [4.69, 9.17) is 4.74 Å². The zero-order valence-corrected chi connectivity index (χ0v) is 15.4. The van der Waals surface area contributed by atoms with Crippen molar-refractivity contribution in [1.82, 2.24) is 8.61 Å². The number of ether oxygens (including phenoxy) is 1. The van der Waals surface area contributed by atoms with Gasteiger partial charge < -0.3 is 4.74 Å². The molecule has 1 aliphatic rings. The molecule has 0 unspecified atom stereocenters. The van der Waals surface area contributed by atoms with Crippen molar-refractivity contribution in [2.24, 2.45) is 0 Å². The van der Waals surface area contributed by atoms with Crippen LogP contribution in [0.4, 0.5) is 11.4 Å². The van der Waals surface area contributed by atoms with Gasteiger partial charge in [0.15, 0.2) is 0 Å². The van der Waals surface area contributed by atoms with Crippen LogP contribution in [0.5, 0.6) is 0 Å². The Hall–Kier alpha value is -2.35. The van der Waals surface area contributed by atoms with Gasteiger partial charge in [0, 0.05) is 43.6 Å². The smallest absolute Gasteiger partial charge is 0.323 e. The second-order valence-electron chi connectivity index (χ2n) is 5.74. The number of nitrogens with zero attached hydrogens (tertiary/aromatic N) is 3. The number of rotatable bonds is 4. The number of hydrogen-bond donors (Lipinski definition) is 0. The summed E-state index contributed by atoms with van der Waals surface area (Å²) in [6, 6.07) is 18.4. The Kier molecular flexibility index (Phi) is 6.27. The van der Waals surface area contributed by atoms with Gasteiger partial charge in [-0.05, 0) is 24.3 Å². The van der Waals surface area contributed by atoms with Crippen LogP contribution in [0, 0.1) is 0 Å². The summed E-state index contributed by atoms with van der Waals surface area (Å²) in [7, 11) is 1.62. The van der Waals surface area contributed by atoms with Gasteiger partial charge in [-0.25, -0.2) is 4.31 Å². The largest absolute Gasteiger partial charge is 0.379 e. The van der Waals surface area contributed by atoms with Gasteiger partial charge in [0.25, 0.3) is 0 Å². The lowest BCUT2D eigenvalue weighted by Crippen LogP contribution is -2.42. The van der Waals surface area contributed by atoms with Crippen molar-refractivity contribution in [3.05, 3.63) is 60.7 Å². The molecule has 7 heteroatoms. The minimum Gasteiger partial charge on any atom is -0.379 e. The summed E-state index contributed by atoms with van der Waals surface area (Å²) in [5.74, 6) is -1.17. The number of carbonyl (C=O) groups is 2. The average Bonchev–Trinajstić information content (AvgIpc) is 2.70. The van der Waals surface area contributed by atoms with Crippen LogP contribution in [0.2, 0.25) is 0 Å². The Balaban J connectivity index is 1.79. The number of para-hydroxylation sites is 2. The third-order valence-corrected chi connectivity index (χ3v) is 4.92. The molecule has 2 amide bonds. The molecule has 1 heterocycles. The predicted molar refractivity (Wildman–Crippen MR) is 103 cm³/mol. The maximum Gasteiger partial charge on any atom is 0.323 e. The van der Waals surface area contributed by atoms with Gasteiger partial charge in [-0.15, -0.1) is 0 Å². The lowest BCUT2D eigenvalue weighted by molar-refractivity contribution is -0.140. The van der Waals surface area contributed by atoms with E-state index in [1.807, 2.05) is 65.0 Å². The first-order chi connectivity index (χ1) is 12.7. The highest BCUT2D eigenvalue weighted by Gasteiger charge is 2.29. The zero-order valence-electron chi connectivity index (χ0n) is 14.6. The molecule has 0 N–H and O–H groups in total. The van der Waals surface area contributed by atoms with E-state index in [0.717, 1.165) is 13.1 Å². The fourth-order valence-corrected chi connectivity index (χ4v) is 3.42. The van der Waals surface area contributed by atoms with E-state index in [1.165, 1.54) is 21.3 Å². The molecular formula is C19H21N3O3S. The first kappa shape index (κ1) is 18.4. The van der Waals surface area contributed by atoms with Crippen molar-refractivity contribution in [3.63, 3.8) is 0 Å². The first-order valence-electron chi connectivity index (χ1n) is 8.40. The predicted octanol–water partition coefficient (Wildman–Crippen LogP) is 2.71. The first-order valence-corrected chi connectivity index (χ1v) is 9.13. The number of anilines is 2. The standard InChI is InChI=1S/C19H21N3O3S/c1-20(26-21-12-14-25-15-13-21)18(23)19(24)22(16-8-4-2-5-9-16)17-10-6-3-7-11-17/h2-11H,12-15H2,1H3. The fraction of sp³-hybridized carbons (Fsp3) is 0.263. The molecule has 1 saturated heterocycles. The highest BCUT2D eigenvalue weighted by molar-refractivity contribution is 7.95. The van der Waals surface area contributed by atoms with Crippen molar-refractivity contribution in [2.45, 2.75) is 0 Å². The summed E-state index contributed by atoms with van der Waals surface area (Å²) in [4.78, 5) is 27.2. The minimum atomic E-state index is -0.592. The van der Waals surface area contributed by atoms with E-state index in [0.29, 0.717) is 24.6 Å². The van der Waals surface area contributed by atoms with Crippen LogP contribution in [0.25, 0.3) is 0 Å². The molecule has 3 rings (SSSR count). The van der Waals surface area contributed by atoms with Gasteiger partial charge in [0.1, 0.15) is 0 Å². The summed E-state index contributed by atoms with van der Waals surface area (Å²) in [6.07, 6.45) is 0. The molecule has 0 aromatic heterocycles. The van der Waals surface area contributed by atoms with Gasteiger partial charge in [0.05, 0.1) is 13.2 Å². The monoisotopic (exact) mass is 371 g/mol. The molecule has 1 fully saturated rings. The average molecular weight is 371 g/mol. The van der Waals surface area contributed by atoms with Crippen LogP contribution in [0.1, 0.15) is 0 Å². The van der Waals surface area contributed by atoms with Crippen LogP contribution in [0.3, 0.4) is 0 Å². The van der Waals surface area contributed by atoms with Crippen LogP contribution in [0.15, 0.2) is 60.7 Å². The summed E-state index contributed by atoms with van der Waals surface area (Å²) >= 11 is 1.25. The Labute approximate surface area is 157 Å². The summed E-state index contributed by atoms with van der Waals surface area (Å²) < 4.78 is 8.71. The van der Waals surface area contributed by atoms with E-state index in [1.54, 1.807) is 7.05 Å². The van der Waals surface area contributed by atoms with Gasteiger partial charge >= 0.3 is 11.8 Å². The second kappa shape index (κ2) is 8.84. The molecule has 136 valence electrons. The molecule has 2 aromatic rings. The van der Waals surface area contributed by atoms with Gasteiger partial charge in [-0.1, -0.05) is 36.4 Å². The summed E-state index contributed by atoms with van der Waals surface area (Å²) in [5.41, 5.74) is 1.31. The number of amides is 2. The van der Waals surface area contributed by atoms with Gasteiger partial charge in [-0.2, -0.15) is 0 Å². The van der Waals surface area contributed by atoms with E-state index in [2.05, 4.69) is 0 Å². The van der Waals surface area contributed by atoms with E-state index < -0.39 is 11.8 Å². The van der Waals surface area contributed by atoms with E-state index in [-0.39, 0.29) is 0 Å². The molecule has 0 aliphatic carbocycles. The SMILES string of the molecule is CN(SN1CCOCC1)C(=O)C(=O)N(c1ccccc1)c1ccccc1. The Morgan fingerprint density at radius 1 is 0.885 bits per heavy atom. The molecule has 0 radical (unpaired) electrons. The zero-order chi connectivity index (χ0) is 18.4. The van der Waals surface area contributed by atoms with Crippen molar-refractivity contribution in [3.8, 4) is 0 Å². The van der Waals surface area contributed by atoms with Crippen molar-refractivity contribution >= 4 is 35.3 Å². The Morgan fingerprint density at radius 3 is 1.88 bits per heavy atom. The van der Waals surface area contributed by atoms with Crippen LogP contribution >= 0.6 is 12.1 Å².